The highest BCUT2D eigenvalue weighted by atomic mass is 32.2. The van der Waals surface area contributed by atoms with E-state index in [1.807, 2.05) is 0 Å². The minimum Gasteiger partial charge on any atom is -0.437 e. The van der Waals surface area contributed by atoms with Gasteiger partial charge < -0.3 is 4.74 Å². The Bertz CT molecular complexity index is 1390. The Morgan fingerprint density at radius 2 is 2.00 bits per heavy atom. The highest BCUT2D eigenvalue weighted by Gasteiger charge is 2.59. The molecule has 0 N–H and O–H groups in total. The van der Waals surface area contributed by atoms with E-state index >= 15 is 0 Å². The predicted octanol–water partition coefficient (Wildman–Crippen LogP) is 3.96. The molecule has 1 aliphatic heterocycles. The van der Waals surface area contributed by atoms with Crippen LogP contribution < -0.4 is 13.3 Å². The number of hydrogen-bond acceptors (Lipinski definition) is 6. The first-order valence-electron chi connectivity index (χ1n) is 9.97. The molecular weight excluding hydrogens is 452 g/mol. The third kappa shape index (κ3) is 3.62. The van der Waals surface area contributed by atoms with Crippen LogP contribution >= 0.6 is 0 Å². The molecular formula is C22H17F2N5O3S. The second-order valence-electron chi connectivity index (χ2n) is 7.84. The quantitative estimate of drug-likeness (QED) is 0.561. The van der Waals surface area contributed by atoms with Gasteiger partial charge in [0.25, 0.3) is 5.92 Å². The van der Waals surface area contributed by atoms with Crippen LogP contribution in [0.1, 0.15) is 12.0 Å². The fraction of sp³-hybridized carbons (Fsp3) is 0.227. The summed E-state index contributed by atoms with van der Waals surface area (Å²) in [5.74, 6) is -3.13. The number of ether oxygens (including phenoxy) is 1. The molecule has 33 heavy (non-hydrogen) atoms. The van der Waals surface area contributed by atoms with Crippen LogP contribution in [0.25, 0.3) is 11.1 Å². The van der Waals surface area contributed by atoms with E-state index in [0.717, 1.165) is 8.61 Å². The van der Waals surface area contributed by atoms with Gasteiger partial charge in [-0.25, -0.2) is 13.8 Å². The number of hydrogen-bond donors (Lipinski definition) is 0. The smallest absolute Gasteiger partial charge is 0.326 e. The van der Waals surface area contributed by atoms with Crippen LogP contribution in [0.15, 0.2) is 55.0 Å². The molecule has 2 aromatic carbocycles. The van der Waals surface area contributed by atoms with Gasteiger partial charge in [-0.05, 0) is 35.9 Å². The maximum absolute atomic E-state index is 13.5. The van der Waals surface area contributed by atoms with E-state index in [1.165, 1.54) is 25.6 Å². The molecule has 0 saturated heterocycles. The minimum absolute atomic E-state index is 0.278. The summed E-state index contributed by atoms with van der Waals surface area (Å²) in [6.07, 6.45) is 4.13. The summed E-state index contributed by atoms with van der Waals surface area (Å²) in [7, 11) is -2.59. The molecule has 11 heteroatoms. The Hall–Kier alpha value is -3.78. The first kappa shape index (κ1) is 21.1. The van der Waals surface area contributed by atoms with E-state index in [-0.39, 0.29) is 18.8 Å². The first-order valence-corrected chi connectivity index (χ1v) is 11.4. The average molecular weight is 469 g/mol. The molecule has 8 nitrogen and oxygen atoms in total. The third-order valence-electron chi connectivity index (χ3n) is 5.73. The predicted molar refractivity (Wildman–Crippen MR) is 116 cm³/mol. The van der Waals surface area contributed by atoms with Gasteiger partial charge >= 0.3 is 10.2 Å². The van der Waals surface area contributed by atoms with E-state index in [4.69, 9.17) is 4.74 Å². The fourth-order valence-corrected chi connectivity index (χ4v) is 5.25. The van der Waals surface area contributed by atoms with Crippen LogP contribution in [0.5, 0.6) is 11.6 Å². The number of alkyl halides is 2. The van der Waals surface area contributed by atoms with Crippen LogP contribution in [-0.2, 0) is 10.2 Å². The van der Waals surface area contributed by atoms with Crippen molar-refractivity contribution in [1.29, 1.82) is 5.26 Å². The molecule has 0 radical (unpaired) electrons. The number of benzene rings is 2. The Labute approximate surface area is 188 Å². The van der Waals surface area contributed by atoms with E-state index in [0.29, 0.717) is 33.8 Å². The van der Waals surface area contributed by atoms with Crippen LogP contribution in [-0.4, -0.2) is 37.9 Å². The third-order valence-corrected chi connectivity index (χ3v) is 7.53. The minimum atomic E-state index is -3.97. The lowest BCUT2D eigenvalue weighted by Crippen LogP contribution is -2.37. The number of nitriles is 1. The molecule has 2 heterocycles. The van der Waals surface area contributed by atoms with E-state index in [9.17, 15) is 22.5 Å². The van der Waals surface area contributed by atoms with Crippen molar-refractivity contribution in [3.05, 3.63) is 60.6 Å². The van der Waals surface area contributed by atoms with Crippen molar-refractivity contribution >= 4 is 21.6 Å². The Morgan fingerprint density at radius 1 is 1.21 bits per heavy atom. The molecule has 1 atom stereocenters. The van der Waals surface area contributed by atoms with E-state index in [1.54, 1.807) is 36.4 Å². The van der Waals surface area contributed by atoms with Gasteiger partial charge in [-0.2, -0.15) is 13.7 Å². The first-order chi connectivity index (χ1) is 15.7. The molecule has 1 aliphatic carbocycles. The molecule has 5 rings (SSSR count). The van der Waals surface area contributed by atoms with Crippen molar-refractivity contribution in [2.45, 2.75) is 12.3 Å². The number of nitrogens with zero attached hydrogens (tertiary/aromatic N) is 5. The zero-order valence-corrected chi connectivity index (χ0v) is 18.1. The highest BCUT2D eigenvalue weighted by Crippen LogP contribution is 2.52. The second kappa shape index (κ2) is 7.38. The Balaban J connectivity index is 1.52. The Morgan fingerprint density at radius 3 is 2.67 bits per heavy atom. The summed E-state index contributed by atoms with van der Waals surface area (Å²) in [5, 5.41) is 9.59. The number of halogens is 2. The lowest BCUT2D eigenvalue weighted by molar-refractivity contribution is 0.101. The summed E-state index contributed by atoms with van der Waals surface area (Å²) >= 11 is 0. The number of rotatable bonds is 5. The molecule has 1 aromatic heterocycles. The molecule has 2 aliphatic rings. The molecule has 3 aromatic rings. The van der Waals surface area contributed by atoms with Crippen molar-refractivity contribution in [2.75, 3.05) is 22.2 Å². The molecule has 1 fully saturated rings. The van der Waals surface area contributed by atoms with Crippen molar-refractivity contribution < 1.29 is 21.9 Å². The van der Waals surface area contributed by atoms with Crippen molar-refractivity contribution in [2.24, 2.45) is 5.92 Å². The van der Waals surface area contributed by atoms with Gasteiger partial charge in [0.05, 0.1) is 29.2 Å². The van der Waals surface area contributed by atoms with E-state index in [2.05, 4.69) is 16.0 Å². The van der Waals surface area contributed by atoms with Crippen LogP contribution in [0.2, 0.25) is 0 Å². The molecule has 168 valence electrons. The zero-order valence-electron chi connectivity index (χ0n) is 17.3. The monoisotopic (exact) mass is 469 g/mol. The van der Waals surface area contributed by atoms with Gasteiger partial charge in [-0.3, -0.25) is 13.6 Å². The number of anilines is 2. The number of aromatic nitrogens is 2. The van der Waals surface area contributed by atoms with Gasteiger partial charge in [0.2, 0.25) is 5.88 Å². The zero-order chi connectivity index (χ0) is 23.4. The molecule has 1 saturated carbocycles. The molecule has 0 spiro atoms. The van der Waals surface area contributed by atoms with Gasteiger partial charge in [-0.15, -0.1) is 0 Å². The van der Waals surface area contributed by atoms with Crippen LogP contribution in [0.4, 0.5) is 20.2 Å². The molecule has 1 unspecified atom stereocenters. The normalized spacial score (nSPS) is 19.6. The topological polar surface area (TPSA) is 99.4 Å². The van der Waals surface area contributed by atoms with Crippen molar-refractivity contribution in [3.63, 3.8) is 0 Å². The maximum atomic E-state index is 13.5. The average Bonchev–Trinajstić information content (AvgIpc) is 3.37. The van der Waals surface area contributed by atoms with Crippen molar-refractivity contribution in [1.82, 2.24) is 9.97 Å². The summed E-state index contributed by atoms with van der Waals surface area (Å²) in [5.41, 5.74) is 2.14. The summed E-state index contributed by atoms with van der Waals surface area (Å²) in [4.78, 5) is 8.00. The summed E-state index contributed by atoms with van der Waals surface area (Å²) in [6, 6.07) is 11.9. The number of fused-ring (bicyclic) bond motifs is 1. The van der Waals surface area contributed by atoms with Gasteiger partial charge in [0.1, 0.15) is 5.75 Å². The summed E-state index contributed by atoms with van der Waals surface area (Å²) in [6.45, 7) is -0.281. The fourth-order valence-electron chi connectivity index (χ4n) is 3.79. The second-order valence-corrected chi connectivity index (χ2v) is 9.72. The largest absolute Gasteiger partial charge is 0.437 e. The SMILES string of the molecule is CN1c2cc(-c3cc(Oc4cnccn4)ccc3C#N)ccc2N(CC2CC2(F)F)S1(=O)=O. The van der Waals surface area contributed by atoms with Crippen LogP contribution in [0, 0.1) is 17.2 Å². The highest BCUT2D eigenvalue weighted by molar-refractivity contribution is 7.94. The maximum Gasteiger partial charge on any atom is 0.326 e. The van der Waals surface area contributed by atoms with Crippen molar-refractivity contribution in [3.8, 4) is 28.8 Å². The molecule has 0 amide bonds. The van der Waals surface area contributed by atoms with Gasteiger partial charge in [-0.1, -0.05) is 6.07 Å². The van der Waals surface area contributed by atoms with Crippen LogP contribution in [0.3, 0.4) is 0 Å². The molecule has 0 bridgehead atoms. The van der Waals surface area contributed by atoms with Gasteiger partial charge in [0, 0.05) is 43.9 Å². The van der Waals surface area contributed by atoms with E-state index < -0.39 is 22.0 Å². The lowest BCUT2D eigenvalue weighted by atomic mass is 9.99. The lowest BCUT2D eigenvalue weighted by Gasteiger charge is -2.18. The summed E-state index contributed by atoms with van der Waals surface area (Å²) < 4.78 is 60.4. The standard InChI is InChI=1S/C22H17F2N5O3S/c1-28-20-8-14(3-5-19(20)29(33(28,30)31)13-16-10-22(16,23)24)18-9-17(4-2-15(18)11-25)32-21-12-26-6-7-27-21/h2-9,12,16H,10,13H2,1H3. The Kier molecular flexibility index (Phi) is 4.72. The van der Waals surface area contributed by atoms with Gasteiger partial charge in [0.15, 0.2) is 0 Å².